The standard InChI is InChI=1S/C42H29BN2O4/c1-5-14-26(15-6-1)32-24-34-39(46-32)37-41(48-34)44(28-18-9-3-10-19-28)30-22-13-23-31-36(30)43(37)38-40-35(25-33(47-40)27-16-7-2-8-17-27)49-42(38)45(31)29-20-11-4-12-21-29/h1-25,34,37,39,41H. The highest BCUT2D eigenvalue weighted by molar-refractivity contribution is 6.92. The molecule has 1 saturated heterocycles. The molecule has 6 nitrogen and oxygen atoms in total. The fraction of sp³-hybridized carbons (Fsp3) is 0.0952. The van der Waals surface area contributed by atoms with Crippen LogP contribution < -0.4 is 20.7 Å². The normalized spacial score (nSPS) is 21.6. The molecule has 4 atom stereocenters. The minimum Gasteiger partial charge on any atom is -0.487 e. The van der Waals surface area contributed by atoms with Gasteiger partial charge in [0, 0.05) is 51.2 Å². The van der Waals surface area contributed by atoms with Crippen molar-refractivity contribution in [3.63, 3.8) is 0 Å². The Balaban J connectivity index is 1.17. The third-order valence-corrected chi connectivity index (χ3v) is 10.5. The largest absolute Gasteiger partial charge is 0.487 e. The smallest absolute Gasteiger partial charge is 0.239 e. The molecule has 4 aliphatic rings. The molecule has 0 radical (unpaired) electrons. The Morgan fingerprint density at radius 3 is 1.98 bits per heavy atom. The number of hydrogen-bond donors (Lipinski definition) is 0. The number of nitrogens with zero attached hydrogens (tertiary/aromatic N) is 2. The Morgan fingerprint density at radius 1 is 0.592 bits per heavy atom. The molecule has 11 rings (SSSR count). The van der Waals surface area contributed by atoms with E-state index in [1.807, 2.05) is 48.5 Å². The van der Waals surface area contributed by atoms with E-state index in [0.717, 1.165) is 67.9 Å². The Kier molecular flexibility index (Phi) is 5.69. The maximum Gasteiger partial charge on any atom is 0.239 e. The molecule has 0 amide bonds. The molecule has 0 spiro atoms. The van der Waals surface area contributed by atoms with Gasteiger partial charge in [-0.1, -0.05) is 103 Å². The number of anilines is 5. The van der Waals surface area contributed by atoms with Crippen LogP contribution >= 0.6 is 0 Å². The molecule has 7 aromatic rings. The van der Waals surface area contributed by atoms with E-state index in [2.05, 4.69) is 113 Å². The van der Waals surface area contributed by atoms with Gasteiger partial charge < -0.3 is 23.2 Å². The zero-order chi connectivity index (χ0) is 32.1. The lowest BCUT2D eigenvalue weighted by atomic mass is 9.30. The number of benzene rings is 5. The summed E-state index contributed by atoms with van der Waals surface area (Å²) >= 11 is 0. The summed E-state index contributed by atoms with van der Waals surface area (Å²) in [5.41, 5.74) is 10.1. The third-order valence-electron chi connectivity index (χ3n) is 10.5. The maximum atomic E-state index is 7.10. The van der Waals surface area contributed by atoms with Gasteiger partial charge in [-0.15, -0.1) is 0 Å². The fourth-order valence-corrected chi connectivity index (χ4v) is 8.51. The van der Waals surface area contributed by atoms with Gasteiger partial charge in [0.15, 0.2) is 11.2 Å². The Labute approximate surface area is 283 Å². The first-order valence-electron chi connectivity index (χ1n) is 16.9. The van der Waals surface area contributed by atoms with Crippen LogP contribution in [0, 0.1) is 0 Å². The fourth-order valence-electron chi connectivity index (χ4n) is 8.51. The minimum absolute atomic E-state index is 0.0842. The number of ether oxygens (including phenoxy) is 2. The van der Waals surface area contributed by atoms with Crippen molar-refractivity contribution in [1.82, 2.24) is 0 Å². The van der Waals surface area contributed by atoms with Gasteiger partial charge in [0.05, 0.1) is 0 Å². The summed E-state index contributed by atoms with van der Waals surface area (Å²) in [5.74, 6) is 2.34. The SMILES string of the molecule is C1=C(c2ccccc2)OC2C1OC1C2B2c3c(cccc3N1c1ccccc1)N(c1ccccc1)c1oc3cc(-c4ccccc4)oc3c12. The van der Waals surface area contributed by atoms with Crippen LogP contribution in [-0.2, 0) is 9.47 Å². The molecule has 0 saturated carbocycles. The third kappa shape index (κ3) is 3.88. The molecule has 0 N–H and O–H groups in total. The van der Waals surface area contributed by atoms with E-state index in [-0.39, 0.29) is 31.0 Å². The molecule has 2 aromatic heterocycles. The second kappa shape index (κ2) is 10.3. The van der Waals surface area contributed by atoms with Crippen LogP contribution in [0.25, 0.3) is 28.2 Å². The van der Waals surface area contributed by atoms with E-state index in [9.17, 15) is 0 Å². The Morgan fingerprint density at radius 2 is 1.24 bits per heavy atom. The van der Waals surface area contributed by atoms with E-state index >= 15 is 0 Å². The molecule has 4 aliphatic heterocycles. The minimum atomic E-state index is -0.289. The van der Waals surface area contributed by atoms with Crippen LogP contribution in [0.3, 0.4) is 0 Å². The predicted octanol–water partition coefficient (Wildman–Crippen LogP) is 8.77. The van der Waals surface area contributed by atoms with Crippen molar-refractivity contribution in [1.29, 1.82) is 0 Å². The Bertz CT molecular complexity index is 2390. The van der Waals surface area contributed by atoms with Crippen molar-refractivity contribution >= 4 is 63.2 Å². The van der Waals surface area contributed by atoms with Crippen LogP contribution in [0.15, 0.2) is 161 Å². The Hall–Kier alpha value is -5.92. The summed E-state index contributed by atoms with van der Waals surface area (Å²) in [4.78, 5) is 4.63. The summed E-state index contributed by atoms with van der Waals surface area (Å²) in [6, 6.07) is 50.2. The second-order valence-electron chi connectivity index (χ2n) is 13.1. The van der Waals surface area contributed by atoms with Gasteiger partial charge in [0.25, 0.3) is 0 Å². The number of rotatable bonds is 4. The molecule has 4 unspecified atom stereocenters. The van der Waals surface area contributed by atoms with Gasteiger partial charge in [0.2, 0.25) is 12.6 Å². The molecule has 0 bridgehead atoms. The van der Waals surface area contributed by atoms with Crippen molar-refractivity contribution in [3.05, 3.63) is 157 Å². The van der Waals surface area contributed by atoms with Gasteiger partial charge >= 0.3 is 0 Å². The summed E-state index contributed by atoms with van der Waals surface area (Å²) in [5, 5.41) is 0. The molecule has 49 heavy (non-hydrogen) atoms. The van der Waals surface area contributed by atoms with Crippen LogP contribution in [-0.4, -0.2) is 25.1 Å². The zero-order valence-electron chi connectivity index (χ0n) is 26.3. The first-order valence-corrected chi connectivity index (χ1v) is 16.9. The average molecular weight is 637 g/mol. The van der Waals surface area contributed by atoms with Gasteiger partial charge in [-0.2, -0.15) is 0 Å². The highest BCUT2D eigenvalue weighted by Crippen LogP contribution is 2.54. The molecule has 7 heteroatoms. The van der Waals surface area contributed by atoms with Crippen LogP contribution in [0.5, 0.6) is 0 Å². The summed E-state index contributed by atoms with van der Waals surface area (Å²) in [6.45, 7) is -0.124. The summed E-state index contributed by atoms with van der Waals surface area (Å²) < 4.78 is 27.8. The molecular weight excluding hydrogens is 607 g/mol. The van der Waals surface area contributed by atoms with Crippen LogP contribution in [0.2, 0.25) is 5.82 Å². The van der Waals surface area contributed by atoms with Gasteiger partial charge in [0.1, 0.15) is 30.0 Å². The van der Waals surface area contributed by atoms with Crippen molar-refractivity contribution in [2.24, 2.45) is 0 Å². The van der Waals surface area contributed by atoms with E-state index in [4.69, 9.17) is 18.3 Å². The highest BCUT2D eigenvalue weighted by Gasteiger charge is 2.62. The number of para-hydroxylation sites is 2. The van der Waals surface area contributed by atoms with E-state index < -0.39 is 0 Å². The monoisotopic (exact) mass is 636 g/mol. The van der Waals surface area contributed by atoms with Crippen molar-refractivity contribution in [2.45, 2.75) is 24.3 Å². The molecule has 5 aromatic carbocycles. The summed E-state index contributed by atoms with van der Waals surface area (Å²) in [7, 11) is 0. The van der Waals surface area contributed by atoms with Crippen molar-refractivity contribution < 1.29 is 18.3 Å². The van der Waals surface area contributed by atoms with Crippen LogP contribution in [0.1, 0.15) is 5.56 Å². The maximum absolute atomic E-state index is 7.10. The zero-order valence-corrected chi connectivity index (χ0v) is 26.3. The first kappa shape index (κ1) is 27.1. The topological polar surface area (TPSA) is 51.2 Å². The van der Waals surface area contributed by atoms with Crippen LogP contribution in [0.4, 0.5) is 28.6 Å². The van der Waals surface area contributed by atoms with E-state index in [0.29, 0.717) is 0 Å². The van der Waals surface area contributed by atoms with Crippen molar-refractivity contribution in [3.8, 4) is 11.3 Å². The van der Waals surface area contributed by atoms with Gasteiger partial charge in [-0.25, -0.2) is 0 Å². The predicted molar refractivity (Wildman–Crippen MR) is 194 cm³/mol. The summed E-state index contributed by atoms with van der Waals surface area (Å²) in [6.07, 6.45) is 1.44. The first-order chi connectivity index (χ1) is 24.3. The number of furan rings is 2. The van der Waals surface area contributed by atoms with Gasteiger partial charge in [-0.05, 0) is 47.9 Å². The van der Waals surface area contributed by atoms with E-state index in [1.165, 1.54) is 5.46 Å². The lowest BCUT2D eigenvalue weighted by Crippen LogP contribution is -2.62. The average Bonchev–Trinajstić information content (AvgIpc) is 3.93. The lowest BCUT2D eigenvalue weighted by Gasteiger charge is -2.47. The highest BCUT2D eigenvalue weighted by atomic mass is 16.6. The molecular formula is C42H29BN2O4. The molecule has 234 valence electrons. The van der Waals surface area contributed by atoms with E-state index in [1.54, 1.807) is 0 Å². The number of fused-ring (bicyclic) bond motifs is 8. The number of hydrogen-bond acceptors (Lipinski definition) is 6. The molecule has 0 aliphatic carbocycles. The molecule has 1 fully saturated rings. The second-order valence-corrected chi connectivity index (χ2v) is 13.1. The van der Waals surface area contributed by atoms with Crippen molar-refractivity contribution in [2.75, 3.05) is 9.80 Å². The lowest BCUT2D eigenvalue weighted by molar-refractivity contribution is 0.0568. The quantitative estimate of drug-likeness (QED) is 0.180. The van der Waals surface area contributed by atoms with Gasteiger partial charge in [-0.3, -0.25) is 4.90 Å². The molecule has 6 heterocycles.